The summed E-state index contributed by atoms with van der Waals surface area (Å²) in [5.41, 5.74) is 7.92. The summed E-state index contributed by atoms with van der Waals surface area (Å²) in [7, 11) is 0. The van der Waals surface area contributed by atoms with Gasteiger partial charge >= 0.3 is 0 Å². The van der Waals surface area contributed by atoms with Crippen molar-refractivity contribution in [3.05, 3.63) is 65.5 Å². The molecule has 2 aliphatic heterocycles. The van der Waals surface area contributed by atoms with Crippen LogP contribution in [0.5, 0.6) is 0 Å². The number of amidine groups is 1. The minimum atomic E-state index is -0.331. The van der Waals surface area contributed by atoms with Gasteiger partial charge in [0.2, 0.25) is 0 Å². The Bertz CT molecular complexity index is 925. The van der Waals surface area contributed by atoms with Crippen LogP contribution in [0.15, 0.2) is 53.5 Å². The topological polar surface area (TPSA) is 61.9 Å². The molecule has 0 bridgehead atoms. The molecule has 0 radical (unpaired) electrons. The second-order valence-electron chi connectivity index (χ2n) is 7.63. The number of nitrogens with zero attached hydrogens (tertiary/aromatic N) is 3. The van der Waals surface area contributed by atoms with Crippen LogP contribution in [-0.2, 0) is 5.54 Å². The monoisotopic (exact) mass is 412 g/mol. The Hall–Kier alpha value is -2.54. The summed E-state index contributed by atoms with van der Waals surface area (Å²) in [5.74, 6) is 0.733. The highest BCUT2D eigenvalue weighted by atomic mass is 32.2. The summed E-state index contributed by atoms with van der Waals surface area (Å²) >= 11 is 1.58. The second-order valence-corrected chi connectivity index (χ2v) is 8.75. The van der Waals surface area contributed by atoms with E-state index in [1.807, 2.05) is 40.1 Å². The number of aliphatic imine (C=N–C) groups is 1. The Morgan fingerprint density at radius 3 is 2.45 bits per heavy atom. The maximum absolute atomic E-state index is 14.0. The number of carbonyl (C=O) groups excluding carboxylic acids is 1. The van der Waals surface area contributed by atoms with Crippen molar-refractivity contribution in [2.24, 2.45) is 10.7 Å². The van der Waals surface area contributed by atoms with Gasteiger partial charge in [0.25, 0.3) is 5.91 Å². The molecule has 2 aromatic carbocycles. The number of amides is 1. The Morgan fingerprint density at radius 2 is 1.79 bits per heavy atom. The van der Waals surface area contributed by atoms with Gasteiger partial charge in [0.15, 0.2) is 5.17 Å². The SMILES string of the molecule is CC1(c2ccc(C(=O)N3CCN(c4ccccc4F)CC3)cc2)CCSC(N)=N1. The highest BCUT2D eigenvalue weighted by molar-refractivity contribution is 8.13. The van der Waals surface area contributed by atoms with Crippen LogP contribution in [0.1, 0.15) is 29.3 Å². The zero-order valence-electron chi connectivity index (χ0n) is 16.5. The molecule has 1 unspecified atom stereocenters. The Kier molecular flexibility index (Phi) is 5.50. The van der Waals surface area contributed by atoms with Gasteiger partial charge in [-0.3, -0.25) is 9.79 Å². The molecule has 2 aromatic rings. The minimum Gasteiger partial charge on any atom is -0.379 e. The summed E-state index contributed by atoms with van der Waals surface area (Å²) < 4.78 is 14.0. The molecule has 0 saturated carbocycles. The Labute approximate surface area is 174 Å². The number of nitrogens with two attached hydrogens (primary N) is 1. The zero-order chi connectivity index (χ0) is 20.4. The van der Waals surface area contributed by atoms with Crippen molar-refractivity contribution in [2.45, 2.75) is 18.9 Å². The summed E-state index contributed by atoms with van der Waals surface area (Å²) in [4.78, 5) is 21.4. The predicted octanol–water partition coefficient (Wildman–Crippen LogP) is 3.45. The fraction of sp³-hybridized carbons (Fsp3) is 0.364. The van der Waals surface area contributed by atoms with Crippen LogP contribution in [0.25, 0.3) is 0 Å². The molecule has 1 saturated heterocycles. The van der Waals surface area contributed by atoms with Crippen molar-refractivity contribution in [3.63, 3.8) is 0 Å². The number of thioether (sulfide) groups is 1. The van der Waals surface area contributed by atoms with Crippen LogP contribution < -0.4 is 10.6 Å². The van der Waals surface area contributed by atoms with E-state index in [0.717, 1.165) is 17.7 Å². The average Bonchev–Trinajstić information content (AvgIpc) is 2.74. The van der Waals surface area contributed by atoms with Gasteiger partial charge < -0.3 is 15.5 Å². The van der Waals surface area contributed by atoms with Crippen LogP contribution in [0.3, 0.4) is 0 Å². The lowest BCUT2D eigenvalue weighted by molar-refractivity contribution is 0.0746. The number of hydrogen-bond acceptors (Lipinski definition) is 5. The molecule has 29 heavy (non-hydrogen) atoms. The number of rotatable bonds is 3. The molecule has 1 atom stereocenters. The largest absolute Gasteiger partial charge is 0.379 e. The minimum absolute atomic E-state index is 0.0112. The number of piperazine rings is 1. The van der Waals surface area contributed by atoms with Crippen LogP contribution in [-0.4, -0.2) is 47.9 Å². The number of carbonyl (C=O) groups is 1. The van der Waals surface area contributed by atoms with E-state index in [2.05, 4.69) is 11.9 Å². The van der Waals surface area contributed by atoms with E-state index < -0.39 is 0 Å². The molecule has 7 heteroatoms. The normalized spacial score (nSPS) is 22.3. The van der Waals surface area contributed by atoms with Gasteiger partial charge in [0.05, 0.1) is 11.2 Å². The van der Waals surface area contributed by atoms with Gasteiger partial charge in [-0.25, -0.2) is 4.39 Å². The molecule has 2 heterocycles. The van der Waals surface area contributed by atoms with Gasteiger partial charge in [0, 0.05) is 37.5 Å². The Morgan fingerprint density at radius 1 is 1.10 bits per heavy atom. The fourth-order valence-corrected chi connectivity index (χ4v) is 4.88. The average molecular weight is 413 g/mol. The lowest BCUT2D eigenvalue weighted by atomic mass is 9.89. The molecular weight excluding hydrogens is 387 g/mol. The van der Waals surface area contributed by atoms with E-state index in [9.17, 15) is 9.18 Å². The third kappa shape index (κ3) is 4.10. The summed E-state index contributed by atoms with van der Waals surface area (Å²) in [6.45, 7) is 4.47. The maximum atomic E-state index is 14.0. The first kappa shape index (κ1) is 19.8. The lowest BCUT2D eigenvalue weighted by Crippen LogP contribution is -2.49. The number of halogens is 1. The first-order valence-electron chi connectivity index (χ1n) is 9.84. The van der Waals surface area contributed by atoms with Gasteiger partial charge in [-0.2, -0.15) is 0 Å². The van der Waals surface area contributed by atoms with Crippen molar-refractivity contribution in [1.29, 1.82) is 0 Å². The zero-order valence-corrected chi connectivity index (χ0v) is 17.3. The molecule has 0 aromatic heterocycles. The molecule has 0 spiro atoms. The quantitative estimate of drug-likeness (QED) is 0.839. The molecule has 4 rings (SSSR count). The van der Waals surface area contributed by atoms with E-state index in [1.165, 1.54) is 6.07 Å². The molecule has 2 aliphatic rings. The molecule has 5 nitrogen and oxygen atoms in total. The summed E-state index contributed by atoms with van der Waals surface area (Å²) in [6.07, 6.45) is 0.920. The number of hydrogen-bond donors (Lipinski definition) is 1. The molecule has 1 fully saturated rings. The highest BCUT2D eigenvalue weighted by Gasteiger charge is 2.30. The number of benzene rings is 2. The van der Waals surface area contributed by atoms with Crippen LogP contribution in [0, 0.1) is 5.82 Å². The van der Waals surface area contributed by atoms with Gasteiger partial charge in [-0.1, -0.05) is 36.0 Å². The van der Waals surface area contributed by atoms with Gasteiger partial charge in [0.1, 0.15) is 5.82 Å². The van der Waals surface area contributed by atoms with Crippen LogP contribution in [0.2, 0.25) is 0 Å². The van der Waals surface area contributed by atoms with Crippen molar-refractivity contribution in [1.82, 2.24) is 4.90 Å². The van der Waals surface area contributed by atoms with Gasteiger partial charge in [-0.15, -0.1) is 0 Å². The smallest absolute Gasteiger partial charge is 0.253 e. The Balaban J connectivity index is 1.42. The van der Waals surface area contributed by atoms with E-state index in [-0.39, 0.29) is 17.3 Å². The molecule has 2 N–H and O–H groups in total. The van der Waals surface area contributed by atoms with E-state index in [4.69, 9.17) is 5.73 Å². The fourth-order valence-electron chi connectivity index (χ4n) is 3.91. The first-order chi connectivity index (χ1) is 14.0. The standard InChI is InChI=1S/C22H25FN4OS/c1-22(10-15-29-21(24)25-22)17-8-6-16(7-9-17)20(28)27-13-11-26(12-14-27)19-5-3-2-4-18(19)23/h2-9H,10-15H2,1H3,(H2,24,25). The van der Waals surface area contributed by atoms with E-state index in [0.29, 0.717) is 42.6 Å². The van der Waals surface area contributed by atoms with E-state index in [1.54, 1.807) is 23.9 Å². The lowest BCUT2D eigenvalue weighted by Gasteiger charge is -2.36. The van der Waals surface area contributed by atoms with Crippen molar-refractivity contribution in [2.75, 3.05) is 36.8 Å². The molecule has 152 valence electrons. The summed E-state index contributed by atoms with van der Waals surface area (Å²) in [6, 6.07) is 14.5. The van der Waals surface area contributed by atoms with Crippen LogP contribution >= 0.6 is 11.8 Å². The first-order valence-corrected chi connectivity index (χ1v) is 10.8. The summed E-state index contributed by atoms with van der Waals surface area (Å²) in [5, 5.41) is 0.617. The molecule has 1 amide bonds. The van der Waals surface area contributed by atoms with Crippen molar-refractivity contribution < 1.29 is 9.18 Å². The van der Waals surface area contributed by atoms with Crippen molar-refractivity contribution in [3.8, 4) is 0 Å². The molecule has 0 aliphatic carbocycles. The van der Waals surface area contributed by atoms with Gasteiger partial charge in [-0.05, 0) is 43.2 Å². The third-order valence-corrected chi connectivity index (χ3v) is 6.50. The van der Waals surface area contributed by atoms with Crippen molar-refractivity contribution >= 4 is 28.5 Å². The highest BCUT2D eigenvalue weighted by Crippen LogP contribution is 2.35. The maximum Gasteiger partial charge on any atom is 0.253 e. The third-order valence-electron chi connectivity index (χ3n) is 5.71. The number of para-hydroxylation sites is 1. The van der Waals surface area contributed by atoms with E-state index >= 15 is 0 Å². The van der Waals surface area contributed by atoms with Crippen LogP contribution in [0.4, 0.5) is 10.1 Å². The number of anilines is 1. The molecular formula is C22H25FN4OS. The predicted molar refractivity (Wildman–Crippen MR) is 117 cm³/mol. The second kappa shape index (κ2) is 8.06.